The van der Waals surface area contributed by atoms with E-state index in [-0.39, 0.29) is 6.10 Å². The first kappa shape index (κ1) is 13.8. The number of methoxy groups -OCH3 is 2. The Morgan fingerprint density at radius 3 is 2.29 bits per heavy atom. The van der Waals surface area contributed by atoms with Crippen LogP contribution in [0.5, 0.6) is 17.2 Å². The van der Waals surface area contributed by atoms with Gasteiger partial charge >= 0.3 is 0 Å². The maximum absolute atomic E-state index is 5.78. The predicted octanol–water partition coefficient (Wildman–Crippen LogP) is 3.15. The monoisotopic (exact) mass is 286 g/mol. The molecule has 2 aromatic rings. The lowest BCUT2D eigenvalue weighted by Crippen LogP contribution is -2.05. The molecule has 0 amide bonds. The quantitative estimate of drug-likeness (QED) is 0.765. The highest BCUT2D eigenvalue weighted by Crippen LogP contribution is 2.33. The molecule has 1 heterocycles. The summed E-state index contributed by atoms with van der Waals surface area (Å²) in [7, 11) is 3.30. The van der Waals surface area contributed by atoms with Crippen LogP contribution in [-0.2, 0) is 4.74 Å². The number of ether oxygens (including phenoxy) is 4. The first-order valence-corrected chi connectivity index (χ1v) is 6.87. The van der Waals surface area contributed by atoms with Gasteiger partial charge in [0, 0.05) is 0 Å². The van der Waals surface area contributed by atoms with E-state index in [4.69, 9.17) is 18.9 Å². The van der Waals surface area contributed by atoms with Crippen LogP contribution in [0.3, 0.4) is 0 Å². The van der Waals surface area contributed by atoms with E-state index >= 15 is 0 Å². The molecule has 2 aromatic carbocycles. The van der Waals surface area contributed by atoms with Crippen molar-refractivity contribution in [2.75, 3.05) is 27.4 Å². The van der Waals surface area contributed by atoms with E-state index in [2.05, 4.69) is 0 Å². The van der Waals surface area contributed by atoms with Crippen molar-refractivity contribution < 1.29 is 18.9 Å². The van der Waals surface area contributed by atoms with Crippen LogP contribution in [0.4, 0.5) is 0 Å². The summed E-state index contributed by atoms with van der Waals surface area (Å²) >= 11 is 0. The Bertz CT molecular complexity index is 603. The van der Waals surface area contributed by atoms with Crippen LogP contribution in [-0.4, -0.2) is 33.5 Å². The van der Waals surface area contributed by atoms with Gasteiger partial charge in [0.1, 0.15) is 18.5 Å². The molecule has 0 bridgehead atoms. The van der Waals surface area contributed by atoms with Gasteiger partial charge in [-0.1, -0.05) is 18.2 Å². The molecule has 4 heteroatoms. The van der Waals surface area contributed by atoms with Gasteiger partial charge in [0.25, 0.3) is 0 Å². The van der Waals surface area contributed by atoms with Crippen LogP contribution < -0.4 is 14.2 Å². The Morgan fingerprint density at radius 1 is 0.952 bits per heavy atom. The molecule has 0 saturated carbocycles. The Balaban J connectivity index is 1.84. The van der Waals surface area contributed by atoms with Crippen molar-refractivity contribution in [3.63, 3.8) is 0 Å². The average molecular weight is 286 g/mol. The normalized spacial score (nSPS) is 16.4. The lowest BCUT2D eigenvalue weighted by atomic mass is 10.1. The number of benzene rings is 2. The van der Waals surface area contributed by atoms with E-state index < -0.39 is 0 Å². The minimum absolute atomic E-state index is 0.222. The zero-order valence-electron chi connectivity index (χ0n) is 12.2. The molecule has 0 spiro atoms. The summed E-state index contributed by atoms with van der Waals surface area (Å²) in [6.45, 7) is 1.34. The van der Waals surface area contributed by atoms with Crippen LogP contribution >= 0.6 is 0 Å². The molecule has 110 valence electrons. The van der Waals surface area contributed by atoms with E-state index in [1.54, 1.807) is 14.2 Å². The summed E-state index contributed by atoms with van der Waals surface area (Å²) < 4.78 is 21.5. The molecule has 1 aliphatic heterocycles. The van der Waals surface area contributed by atoms with Crippen LogP contribution in [0.25, 0.3) is 11.1 Å². The second-order valence-electron chi connectivity index (χ2n) is 4.86. The average Bonchev–Trinajstić information content (AvgIpc) is 3.37. The third-order valence-corrected chi connectivity index (χ3v) is 3.41. The minimum Gasteiger partial charge on any atom is -0.497 e. The number of epoxide rings is 1. The summed E-state index contributed by atoms with van der Waals surface area (Å²) in [6, 6.07) is 13.9. The highest BCUT2D eigenvalue weighted by Gasteiger charge is 2.23. The third-order valence-electron chi connectivity index (χ3n) is 3.41. The highest BCUT2D eigenvalue weighted by atomic mass is 16.6. The van der Waals surface area contributed by atoms with E-state index in [1.807, 2.05) is 42.5 Å². The van der Waals surface area contributed by atoms with Gasteiger partial charge < -0.3 is 18.9 Å². The minimum atomic E-state index is 0.222. The summed E-state index contributed by atoms with van der Waals surface area (Å²) in [5, 5.41) is 0. The summed E-state index contributed by atoms with van der Waals surface area (Å²) in [6.07, 6.45) is 0.222. The third kappa shape index (κ3) is 3.28. The van der Waals surface area contributed by atoms with Crippen LogP contribution in [0, 0.1) is 0 Å². The van der Waals surface area contributed by atoms with Gasteiger partial charge in [-0.25, -0.2) is 0 Å². The van der Waals surface area contributed by atoms with E-state index in [9.17, 15) is 0 Å². The topological polar surface area (TPSA) is 40.2 Å². The van der Waals surface area contributed by atoms with Crippen LogP contribution in [0.1, 0.15) is 0 Å². The van der Waals surface area contributed by atoms with Crippen LogP contribution in [0.15, 0.2) is 42.5 Å². The van der Waals surface area contributed by atoms with Gasteiger partial charge in [-0.15, -0.1) is 0 Å². The first-order valence-electron chi connectivity index (χ1n) is 6.87. The second-order valence-corrected chi connectivity index (χ2v) is 4.86. The van der Waals surface area contributed by atoms with Crippen molar-refractivity contribution in [1.29, 1.82) is 0 Å². The first-order chi connectivity index (χ1) is 10.3. The van der Waals surface area contributed by atoms with Crippen molar-refractivity contribution in [3.05, 3.63) is 42.5 Å². The summed E-state index contributed by atoms with van der Waals surface area (Å²) in [5.41, 5.74) is 2.18. The Hall–Kier alpha value is -2.20. The predicted molar refractivity (Wildman–Crippen MR) is 80.2 cm³/mol. The number of hydrogen-bond donors (Lipinski definition) is 0. The molecule has 0 aromatic heterocycles. The second kappa shape index (κ2) is 6.06. The molecule has 0 aliphatic carbocycles. The Morgan fingerprint density at radius 2 is 1.67 bits per heavy atom. The van der Waals surface area contributed by atoms with Gasteiger partial charge in [0.05, 0.1) is 20.8 Å². The lowest BCUT2D eigenvalue weighted by molar-refractivity contribution is 0.252. The zero-order valence-corrected chi connectivity index (χ0v) is 12.2. The van der Waals surface area contributed by atoms with Crippen molar-refractivity contribution in [3.8, 4) is 28.4 Å². The fourth-order valence-electron chi connectivity index (χ4n) is 2.10. The molecule has 1 unspecified atom stereocenters. The maximum atomic E-state index is 5.78. The molecule has 1 saturated heterocycles. The molecule has 21 heavy (non-hydrogen) atoms. The van der Waals surface area contributed by atoms with E-state index in [0.717, 1.165) is 35.0 Å². The van der Waals surface area contributed by atoms with Crippen molar-refractivity contribution in [1.82, 2.24) is 0 Å². The van der Waals surface area contributed by atoms with Crippen LogP contribution in [0.2, 0.25) is 0 Å². The van der Waals surface area contributed by atoms with Gasteiger partial charge in [-0.3, -0.25) is 0 Å². The Labute approximate surface area is 124 Å². The summed E-state index contributed by atoms with van der Waals surface area (Å²) in [5.74, 6) is 2.31. The molecule has 1 atom stereocenters. The van der Waals surface area contributed by atoms with Crippen molar-refractivity contribution in [2.24, 2.45) is 0 Å². The molecule has 1 aliphatic rings. The molecule has 4 nitrogen and oxygen atoms in total. The zero-order chi connectivity index (χ0) is 14.7. The van der Waals surface area contributed by atoms with Crippen molar-refractivity contribution in [2.45, 2.75) is 6.10 Å². The fourth-order valence-corrected chi connectivity index (χ4v) is 2.10. The lowest BCUT2D eigenvalue weighted by Gasteiger charge is -2.12. The van der Waals surface area contributed by atoms with Gasteiger partial charge in [-0.2, -0.15) is 0 Å². The standard InChI is InChI=1S/C17H18O4/c1-18-14-6-3-12(4-7-14)13-5-8-16(19-2)17(9-13)21-11-15-10-20-15/h3-9,15H,10-11H2,1-2H3. The highest BCUT2D eigenvalue weighted by molar-refractivity contribution is 5.67. The largest absolute Gasteiger partial charge is 0.497 e. The Kier molecular flexibility index (Phi) is 3.97. The molecule has 0 N–H and O–H groups in total. The molecular formula is C17H18O4. The van der Waals surface area contributed by atoms with E-state index in [0.29, 0.717) is 6.61 Å². The molecule has 0 radical (unpaired) electrons. The SMILES string of the molecule is COc1ccc(-c2ccc(OC)c(OCC3CO3)c2)cc1. The van der Waals surface area contributed by atoms with Crippen molar-refractivity contribution >= 4 is 0 Å². The maximum Gasteiger partial charge on any atom is 0.161 e. The van der Waals surface area contributed by atoms with Gasteiger partial charge in [0.15, 0.2) is 11.5 Å². The summed E-state index contributed by atoms with van der Waals surface area (Å²) in [4.78, 5) is 0. The number of hydrogen-bond acceptors (Lipinski definition) is 4. The molecular weight excluding hydrogens is 268 g/mol. The van der Waals surface area contributed by atoms with Gasteiger partial charge in [-0.05, 0) is 35.4 Å². The number of rotatable bonds is 6. The fraction of sp³-hybridized carbons (Fsp3) is 0.294. The van der Waals surface area contributed by atoms with E-state index in [1.165, 1.54) is 0 Å². The molecule has 3 rings (SSSR count). The molecule has 1 fully saturated rings. The van der Waals surface area contributed by atoms with Gasteiger partial charge in [0.2, 0.25) is 0 Å². The smallest absolute Gasteiger partial charge is 0.161 e.